The first-order chi connectivity index (χ1) is 9.52. The molecule has 0 unspecified atom stereocenters. The number of carbonyl (C=O) groups excluding carboxylic acids is 2. The molecule has 20 heavy (non-hydrogen) atoms. The second-order valence-electron chi connectivity index (χ2n) is 4.22. The van der Waals surface area contributed by atoms with Crippen LogP contribution in [0.3, 0.4) is 0 Å². The maximum Gasteiger partial charge on any atom is 0.258 e. The summed E-state index contributed by atoms with van der Waals surface area (Å²) in [5, 5.41) is 2.65. The molecule has 2 aromatic carbocycles. The largest absolute Gasteiger partial charge is 0.322 e. The molecule has 0 bridgehead atoms. The Kier molecular flexibility index (Phi) is 4.29. The predicted molar refractivity (Wildman–Crippen MR) is 78.6 cm³/mol. The minimum Gasteiger partial charge on any atom is -0.322 e. The molecule has 0 aliphatic heterocycles. The lowest BCUT2D eigenvalue weighted by atomic mass is 10.1. The molecule has 0 aromatic heterocycles. The number of aldehydes is 1. The highest BCUT2D eigenvalue weighted by molar-refractivity contribution is 9.10. The van der Waals surface area contributed by atoms with Crippen LogP contribution in [0.1, 0.15) is 26.3 Å². The fourth-order valence-electron chi connectivity index (χ4n) is 1.72. The van der Waals surface area contributed by atoms with Gasteiger partial charge in [0.05, 0.1) is 5.56 Å². The van der Waals surface area contributed by atoms with Crippen molar-refractivity contribution in [1.82, 2.24) is 0 Å². The van der Waals surface area contributed by atoms with Crippen molar-refractivity contribution in [3.8, 4) is 0 Å². The first-order valence-corrected chi connectivity index (χ1v) is 6.63. The Labute approximate surface area is 123 Å². The van der Waals surface area contributed by atoms with Crippen molar-refractivity contribution >= 4 is 33.8 Å². The van der Waals surface area contributed by atoms with Crippen molar-refractivity contribution in [3.63, 3.8) is 0 Å². The summed E-state index contributed by atoms with van der Waals surface area (Å²) in [7, 11) is 0. The molecule has 0 saturated carbocycles. The minimum atomic E-state index is -0.722. The highest BCUT2D eigenvalue weighted by Crippen LogP contribution is 2.24. The number of amides is 1. The molecule has 102 valence electrons. The molecule has 0 heterocycles. The molecule has 1 N–H and O–H groups in total. The number of anilines is 1. The van der Waals surface area contributed by atoms with Crippen LogP contribution < -0.4 is 5.32 Å². The van der Waals surface area contributed by atoms with Crippen LogP contribution in [-0.2, 0) is 0 Å². The molecule has 2 aromatic rings. The Morgan fingerprint density at radius 2 is 2.05 bits per heavy atom. The quantitative estimate of drug-likeness (QED) is 0.863. The Hall–Kier alpha value is -2.01. The smallest absolute Gasteiger partial charge is 0.258 e. The number of nitrogens with one attached hydrogen (secondary N) is 1. The third-order valence-electron chi connectivity index (χ3n) is 2.89. The van der Waals surface area contributed by atoms with Crippen LogP contribution in [0, 0.1) is 12.7 Å². The fraction of sp³-hybridized carbons (Fsp3) is 0.0667. The van der Waals surface area contributed by atoms with Crippen molar-refractivity contribution in [2.75, 3.05) is 5.32 Å². The lowest BCUT2D eigenvalue weighted by Gasteiger charge is -2.10. The van der Waals surface area contributed by atoms with Gasteiger partial charge in [-0.15, -0.1) is 0 Å². The molecule has 2 rings (SSSR count). The van der Waals surface area contributed by atoms with E-state index >= 15 is 0 Å². The first-order valence-electron chi connectivity index (χ1n) is 5.84. The van der Waals surface area contributed by atoms with Crippen molar-refractivity contribution in [2.45, 2.75) is 6.92 Å². The normalized spacial score (nSPS) is 10.2. The summed E-state index contributed by atoms with van der Waals surface area (Å²) in [6.45, 7) is 1.84. The molecule has 0 aliphatic carbocycles. The third-order valence-corrected chi connectivity index (χ3v) is 3.75. The molecule has 0 fully saturated rings. The Balaban J connectivity index is 2.28. The predicted octanol–water partition coefficient (Wildman–Crippen LogP) is 3.96. The molecule has 0 aliphatic rings. The van der Waals surface area contributed by atoms with E-state index in [2.05, 4.69) is 21.2 Å². The topological polar surface area (TPSA) is 46.2 Å². The fourth-order valence-corrected chi connectivity index (χ4v) is 2.09. The number of carbonyl (C=O) groups is 2. The highest BCUT2D eigenvalue weighted by atomic mass is 79.9. The van der Waals surface area contributed by atoms with E-state index in [1.165, 1.54) is 12.1 Å². The van der Waals surface area contributed by atoms with Crippen LogP contribution in [0.2, 0.25) is 0 Å². The van der Waals surface area contributed by atoms with E-state index in [1.54, 1.807) is 12.1 Å². The average molecular weight is 336 g/mol. The van der Waals surface area contributed by atoms with E-state index in [-0.39, 0.29) is 11.1 Å². The molecule has 3 nitrogen and oxygen atoms in total. The second-order valence-corrected chi connectivity index (χ2v) is 5.08. The van der Waals surface area contributed by atoms with Gasteiger partial charge in [0.2, 0.25) is 0 Å². The average Bonchev–Trinajstić information content (AvgIpc) is 2.43. The van der Waals surface area contributed by atoms with Crippen molar-refractivity contribution in [3.05, 3.63) is 63.4 Å². The van der Waals surface area contributed by atoms with Crippen LogP contribution in [0.5, 0.6) is 0 Å². The van der Waals surface area contributed by atoms with Gasteiger partial charge in [-0.05, 0) is 36.8 Å². The SMILES string of the molecule is Cc1c(Br)cccc1NC(=O)c1ccc(C=O)cc1F. The van der Waals surface area contributed by atoms with Gasteiger partial charge in [0.1, 0.15) is 12.1 Å². The van der Waals surface area contributed by atoms with Gasteiger partial charge < -0.3 is 5.32 Å². The zero-order valence-electron chi connectivity index (χ0n) is 10.6. The van der Waals surface area contributed by atoms with Crippen LogP contribution in [-0.4, -0.2) is 12.2 Å². The zero-order chi connectivity index (χ0) is 14.7. The van der Waals surface area contributed by atoms with Gasteiger partial charge in [-0.1, -0.05) is 28.1 Å². The van der Waals surface area contributed by atoms with E-state index in [0.717, 1.165) is 16.1 Å². The Bertz CT molecular complexity index is 686. The summed E-state index contributed by atoms with van der Waals surface area (Å²) in [6, 6.07) is 9.09. The molecular formula is C15H11BrFNO2. The second kappa shape index (κ2) is 5.96. The van der Waals surface area contributed by atoms with E-state index in [9.17, 15) is 14.0 Å². The van der Waals surface area contributed by atoms with E-state index in [4.69, 9.17) is 0 Å². The summed E-state index contributed by atoms with van der Waals surface area (Å²) >= 11 is 3.36. The van der Waals surface area contributed by atoms with Gasteiger partial charge in [-0.3, -0.25) is 9.59 Å². The number of halogens is 2. The first kappa shape index (κ1) is 14.4. The lowest BCUT2D eigenvalue weighted by Crippen LogP contribution is -2.14. The summed E-state index contributed by atoms with van der Waals surface area (Å²) in [6.07, 6.45) is 0.531. The molecule has 0 radical (unpaired) electrons. The summed E-state index contributed by atoms with van der Waals surface area (Å²) < 4.78 is 14.6. The van der Waals surface area contributed by atoms with Crippen LogP contribution in [0.4, 0.5) is 10.1 Å². The van der Waals surface area contributed by atoms with Crippen LogP contribution in [0.15, 0.2) is 40.9 Å². The zero-order valence-corrected chi connectivity index (χ0v) is 12.2. The van der Waals surface area contributed by atoms with Crippen molar-refractivity contribution < 1.29 is 14.0 Å². The van der Waals surface area contributed by atoms with Crippen LogP contribution >= 0.6 is 15.9 Å². The maximum absolute atomic E-state index is 13.7. The van der Waals surface area contributed by atoms with E-state index < -0.39 is 11.7 Å². The minimum absolute atomic E-state index is 0.102. The molecule has 5 heteroatoms. The lowest BCUT2D eigenvalue weighted by molar-refractivity contribution is 0.102. The summed E-state index contributed by atoms with van der Waals surface area (Å²) in [4.78, 5) is 22.6. The summed E-state index contributed by atoms with van der Waals surface area (Å²) in [5.74, 6) is -1.28. The Morgan fingerprint density at radius 3 is 2.70 bits per heavy atom. The number of rotatable bonds is 3. The molecular weight excluding hydrogens is 325 g/mol. The van der Waals surface area contributed by atoms with Gasteiger partial charge in [-0.25, -0.2) is 4.39 Å². The van der Waals surface area contributed by atoms with Crippen molar-refractivity contribution in [2.24, 2.45) is 0 Å². The molecule has 0 saturated heterocycles. The third kappa shape index (κ3) is 2.93. The number of hydrogen-bond donors (Lipinski definition) is 1. The molecule has 0 spiro atoms. The van der Waals surface area contributed by atoms with Crippen LogP contribution in [0.25, 0.3) is 0 Å². The van der Waals surface area contributed by atoms with Crippen molar-refractivity contribution in [1.29, 1.82) is 0 Å². The maximum atomic E-state index is 13.7. The van der Waals surface area contributed by atoms with Gasteiger partial charge in [0.25, 0.3) is 5.91 Å². The molecule has 1 amide bonds. The van der Waals surface area contributed by atoms with Gasteiger partial charge in [0.15, 0.2) is 0 Å². The highest BCUT2D eigenvalue weighted by Gasteiger charge is 2.13. The number of hydrogen-bond acceptors (Lipinski definition) is 2. The summed E-state index contributed by atoms with van der Waals surface area (Å²) in [5.41, 5.74) is 1.54. The monoisotopic (exact) mass is 335 g/mol. The van der Waals surface area contributed by atoms with Gasteiger partial charge >= 0.3 is 0 Å². The number of benzene rings is 2. The van der Waals surface area contributed by atoms with Gasteiger partial charge in [-0.2, -0.15) is 0 Å². The molecule has 0 atom stereocenters. The standard InChI is InChI=1S/C15H11BrFNO2/c1-9-12(16)3-2-4-14(9)18-15(20)11-6-5-10(8-19)7-13(11)17/h2-8H,1H3,(H,18,20). The Morgan fingerprint density at radius 1 is 1.30 bits per heavy atom. The van der Waals surface area contributed by atoms with E-state index in [1.807, 2.05) is 13.0 Å². The van der Waals surface area contributed by atoms with E-state index in [0.29, 0.717) is 12.0 Å². The van der Waals surface area contributed by atoms with Gasteiger partial charge in [0, 0.05) is 15.7 Å².